The lowest BCUT2D eigenvalue weighted by Crippen LogP contribution is -3.14. The molecule has 0 bridgehead atoms. The predicted molar refractivity (Wildman–Crippen MR) is 100 cm³/mol. The Kier molecular flexibility index (Phi) is 6.44. The maximum atomic E-state index is 10.3. The largest absolute Gasteiger partial charge is 0.504 e. The van der Waals surface area contributed by atoms with Gasteiger partial charge in [-0.1, -0.05) is 12.1 Å². The average molecular weight is 361 g/mol. The number of aliphatic imine (C=N–C) groups is 1. The Morgan fingerprint density at radius 1 is 1.32 bits per heavy atom. The van der Waals surface area contributed by atoms with Gasteiger partial charge in [0.15, 0.2) is 11.5 Å². The number of aromatic hydroxyl groups is 1. The molecule has 1 aromatic carbocycles. The van der Waals surface area contributed by atoms with Crippen molar-refractivity contribution in [1.82, 2.24) is 0 Å². The molecule has 0 radical (unpaired) electrons. The third-order valence-electron chi connectivity index (χ3n) is 4.36. The molecule has 2 heterocycles. The molecule has 0 spiro atoms. The molecule has 134 valence electrons. The Morgan fingerprint density at radius 3 is 2.88 bits per heavy atom. The zero-order chi connectivity index (χ0) is 17.5. The molecule has 2 aromatic rings. The predicted octanol–water partition coefficient (Wildman–Crippen LogP) is 1.93. The number of benzene rings is 1. The standard InChI is InChI=1S/C19H24N2O3S/c1-2-24-17-6-3-5-15(19(17)22)13-20-14-16(18-7-4-12-25-18)21-8-10-23-11-9-21/h3-7,12-13,16,22H,2,8-11,14H2,1H3/p+1/t16-/m0/s1. The van der Waals surface area contributed by atoms with Crippen LogP contribution in [0.15, 0.2) is 40.7 Å². The van der Waals surface area contributed by atoms with E-state index in [0.29, 0.717) is 30.5 Å². The summed E-state index contributed by atoms with van der Waals surface area (Å²) in [6.07, 6.45) is 1.75. The lowest BCUT2D eigenvalue weighted by Gasteiger charge is -2.30. The average Bonchev–Trinajstić information content (AvgIpc) is 3.17. The maximum absolute atomic E-state index is 10.3. The van der Waals surface area contributed by atoms with Gasteiger partial charge >= 0.3 is 0 Å². The van der Waals surface area contributed by atoms with Gasteiger partial charge in [-0.3, -0.25) is 4.99 Å². The fourth-order valence-corrected chi connectivity index (χ4v) is 3.94. The highest BCUT2D eigenvalue weighted by Crippen LogP contribution is 2.28. The van der Waals surface area contributed by atoms with Crippen LogP contribution >= 0.6 is 11.3 Å². The summed E-state index contributed by atoms with van der Waals surface area (Å²) < 4.78 is 10.9. The number of phenols is 1. The Balaban J connectivity index is 1.72. The molecule has 1 aromatic heterocycles. The van der Waals surface area contributed by atoms with Gasteiger partial charge in [0.25, 0.3) is 0 Å². The van der Waals surface area contributed by atoms with E-state index in [-0.39, 0.29) is 5.75 Å². The van der Waals surface area contributed by atoms with E-state index in [2.05, 4.69) is 22.5 Å². The SMILES string of the molecule is CCOc1cccc(C=NC[C@@H](c2cccs2)[NH+]2CCOCC2)c1O. The molecule has 1 aliphatic rings. The van der Waals surface area contributed by atoms with Gasteiger partial charge in [-0.25, -0.2) is 0 Å². The lowest BCUT2D eigenvalue weighted by atomic mass is 10.1. The van der Waals surface area contributed by atoms with Gasteiger partial charge in [0.05, 0.1) is 31.2 Å². The fraction of sp³-hybridized carbons (Fsp3) is 0.421. The number of quaternary nitrogens is 1. The molecular weight excluding hydrogens is 336 g/mol. The van der Waals surface area contributed by atoms with Crippen LogP contribution in [0.5, 0.6) is 11.5 Å². The molecular formula is C19H25N2O3S+. The molecule has 25 heavy (non-hydrogen) atoms. The van der Waals surface area contributed by atoms with Crippen molar-refractivity contribution in [2.75, 3.05) is 39.5 Å². The van der Waals surface area contributed by atoms with Crippen molar-refractivity contribution in [2.24, 2.45) is 4.99 Å². The Labute approximate surface area is 152 Å². The molecule has 0 saturated carbocycles. The molecule has 1 fully saturated rings. The zero-order valence-corrected chi connectivity index (χ0v) is 15.3. The second-order valence-corrected chi connectivity index (χ2v) is 6.94. The van der Waals surface area contributed by atoms with Crippen LogP contribution in [0, 0.1) is 0 Å². The lowest BCUT2D eigenvalue weighted by molar-refractivity contribution is -0.937. The topological polar surface area (TPSA) is 55.5 Å². The number of hydrogen-bond donors (Lipinski definition) is 2. The van der Waals surface area contributed by atoms with Crippen LogP contribution in [0.3, 0.4) is 0 Å². The van der Waals surface area contributed by atoms with Crippen molar-refractivity contribution in [2.45, 2.75) is 13.0 Å². The number of thiophene rings is 1. The van der Waals surface area contributed by atoms with Crippen LogP contribution in [0.2, 0.25) is 0 Å². The summed E-state index contributed by atoms with van der Waals surface area (Å²) in [4.78, 5) is 7.50. The molecule has 6 heteroatoms. The molecule has 5 nitrogen and oxygen atoms in total. The van der Waals surface area contributed by atoms with Crippen LogP contribution in [0.1, 0.15) is 23.4 Å². The molecule has 2 N–H and O–H groups in total. The summed E-state index contributed by atoms with van der Waals surface area (Å²) in [7, 11) is 0. The van der Waals surface area contributed by atoms with Crippen molar-refractivity contribution in [3.63, 3.8) is 0 Å². The van der Waals surface area contributed by atoms with Gasteiger partial charge in [-0.05, 0) is 30.5 Å². The first kappa shape index (κ1) is 17.9. The number of ether oxygens (including phenoxy) is 2. The Bertz CT molecular complexity index is 682. The first-order chi connectivity index (χ1) is 12.3. The number of rotatable bonds is 7. The van der Waals surface area contributed by atoms with Gasteiger partial charge in [0.2, 0.25) is 0 Å². The van der Waals surface area contributed by atoms with Crippen molar-refractivity contribution in [3.8, 4) is 11.5 Å². The Hall–Kier alpha value is -1.89. The number of morpholine rings is 1. The summed E-state index contributed by atoms with van der Waals surface area (Å²) in [5.41, 5.74) is 0.688. The molecule has 0 unspecified atom stereocenters. The third-order valence-corrected chi connectivity index (χ3v) is 5.35. The number of nitrogens with zero attached hydrogens (tertiary/aromatic N) is 1. The molecule has 1 saturated heterocycles. The highest BCUT2D eigenvalue weighted by molar-refractivity contribution is 7.10. The van der Waals surface area contributed by atoms with Crippen LogP contribution in [-0.4, -0.2) is 50.8 Å². The number of nitrogens with one attached hydrogen (secondary N) is 1. The molecule has 0 amide bonds. The van der Waals surface area contributed by atoms with Gasteiger partial charge in [-0.15, -0.1) is 11.3 Å². The van der Waals surface area contributed by atoms with E-state index in [1.54, 1.807) is 23.6 Å². The zero-order valence-electron chi connectivity index (χ0n) is 14.5. The number of phenolic OH excluding ortho intramolecular Hbond substituents is 1. The van der Waals surface area contributed by atoms with E-state index in [1.807, 2.05) is 19.1 Å². The maximum Gasteiger partial charge on any atom is 0.166 e. The second kappa shape index (κ2) is 8.99. The molecule has 1 atom stereocenters. The second-order valence-electron chi connectivity index (χ2n) is 5.96. The fourth-order valence-electron chi connectivity index (χ4n) is 3.06. The molecule has 0 aliphatic carbocycles. The van der Waals surface area contributed by atoms with Crippen molar-refractivity contribution < 1.29 is 19.5 Å². The minimum absolute atomic E-state index is 0.152. The Morgan fingerprint density at radius 2 is 2.16 bits per heavy atom. The van der Waals surface area contributed by atoms with E-state index in [0.717, 1.165) is 26.3 Å². The van der Waals surface area contributed by atoms with E-state index < -0.39 is 0 Å². The number of hydrogen-bond acceptors (Lipinski definition) is 5. The first-order valence-electron chi connectivity index (χ1n) is 8.70. The molecule has 3 rings (SSSR count). The van der Waals surface area contributed by atoms with Gasteiger partial charge < -0.3 is 19.5 Å². The highest BCUT2D eigenvalue weighted by atomic mass is 32.1. The summed E-state index contributed by atoms with van der Waals surface area (Å²) >= 11 is 1.78. The highest BCUT2D eigenvalue weighted by Gasteiger charge is 2.26. The summed E-state index contributed by atoms with van der Waals surface area (Å²) in [5.74, 6) is 0.652. The monoisotopic (exact) mass is 361 g/mol. The van der Waals surface area contributed by atoms with Crippen LogP contribution in [-0.2, 0) is 4.74 Å². The van der Waals surface area contributed by atoms with E-state index >= 15 is 0 Å². The van der Waals surface area contributed by atoms with Crippen LogP contribution in [0.25, 0.3) is 0 Å². The van der Waals surface area contributed by atoms with Crippen molar-refractivity contribution in [3.05, 3.63) is 46.2 Å². The third kappa shape index (κ3) is 4.60. The molecule has 1 aliphatic heterocycles. The van der Waals surface area contributed by atoms with Crippen molar-refractivity contribution in [1.29, 1.82) is 0 Å². The van der Waals surface area contributed by atoms with E-state index in [4.69, 9.17) is 9.47 Å². The minimum Gasteiger partial charge on any atom is -0.504 e. The first-order valence-corrected chi connectivity index (χ1v) is 9.58. The van der Waals surface area contributed by atoms with Crippen molar-refractivity contribution >= 4 is 17.6 Å². The summed E-state index contributed by atoms with van der Waals surface area (Å²) in [6.45, 7) is 6.72. The quantitative estimate of drug-likeness (QED) is 0.741. The van der Waals surface area contributed by atoms with E-state index in [1.165, 1.54) is 9.78 Å². The normalized spacial score (nSPS) is 17.0. The minimum atomic E-state index is 0.152. The number of para-hydroxylation sites is 1. The van der Waals surface area contributed by atoms with Gasteiger partial charge in [0, 0.05) is 11.8 Å². The van der Waals surface area contributed by atoms with Gasteiger partial charge in [0.1, 0.15) is 19.1 Å². The summed E-state index contributed by atoms with van der Waals surface area (Å²) in [5, 5.41) is 12.4. The van der Waals surface area contributed by atoms with Crippen LogP contribution < -0.4 is 9.64 Å². The van der Waals surface area contributed by atoms with E-state index in [9.17, 15) is 5.11 Å². The smallest absolute Gasteiger partial charge is 0.166 e. The van der Waals surface area contributed by atoms with Gasteiger partial charge in [-0.2, -0.15) is 0 Å². The van der Waals surface area contributed by atoms with Crippen LogP contribution in [0.4, 0.5) is 0 Å². The summed E-state index contributed by atoms with van der Waals surface area (Å²) in [6, 6.07) is 10.1.